The summed E-state index contributed by atoms with van der Waals surface area (Å²) in [6.45, 7) is 6.40. The van der Waals surface area contributed by atoms with E-state index in [1.54, 1.807) is 13.8 Å². The molecule has 5 heteroatoms. The molecule has 0 saturated carbocycles. The number of nitrogens with zero attached hydrogens (tertiary/aromatic N) is 2. The van der Waals surface area contributed by atoms with Crippen molar-refractivity contribution < 1.29 is 14.4 Å². The number of hydrogen-bond acceptors (Lipinski definition) is 4. The average molecular weight is 316 g/mol. The largest absolute Gasteiger partial charge is 0.481 e. The van der Waals surface area contributed by atoms with Crippen LogP contribution in [0.1, 0.15) is 44.7 Å². The van der Waals surface area contributed by atoms with Gasteiger partial charge in [0.25, 0.3) is 0 Å². The molecule has 0 radical (unpaired) electrons. The van der Waals surface area contributed by atoms with Crippen LogP contribution in [0.25, 0.3) is 11.0 Å². The Morgan fingerprint density at radius 1 is 1.35 bits per heavy atom. The number of likely N-dealkylation sites (tertiary alicyclic amines) is 1. The highest BCUT2D eigenvalue weighted by molar-refractivity contribution is 5.79. The Hall–Kier alpha value is -1.88. The minimum atomic E-state index is -0.721. The number of carbonyl (C=O) groups is 1. The summed E-state index contributed by atoms with van der Waals surface area (Å²) in [7, 11) is 0. The van der Waals surface area contributed by atoms with Crippen molar-refractivity contribution in [2.75, 3.05) is 19.6 Å². The predicted molar refractivity (Wildman–Crippen MR) is 88.5 cm³/mol. The molecule has 0 spiro atoms. The summed E-state index contributed by atoms with van der Waals surface area (Å²) in [6, 6.07) is 8.01. The zero-order valence-corrected chi connectivity index (χ0v) is 13.8. The number of hydrogen-bond donors (Lipinski definition) is 1. The molecule has 5 nitrogen and oxygen atoms in total. The Morgan fingerprint density at radius 2 is 2.04 bits per heavy atom. The van der Waals surface area contributed by atoms with Gasteiger partial charge in [-0.15, -0.1) is 0 Å². The molecule has 23 heavy (non-hydrogen) atoms. The van der Waals surface area contributed by atoms with Gasteiger partial charge in [-0.25, -0.2) is 0 Å². The van der Waals surface area contributed by atoms with Gasteiger partial charge < -0.3 is 14.5 Å². The number of rotatable bonds is 5. The second kappa shape index (κ2) is 6.32. The van der Waals surface area contributed by atoms with E-state index in [9.17, 15) is 9.90 Å². The third kappa shape index (κ3) is 3.39. The van der Waals surface area contributed by atoms with Gasteiger partial charge in [0.1, 0.15) is 0 Å². The summed E-state index contributed by atoms with van der Waals surface area (Å²) in [6.07, 6.45) is 2.77. The zero-order valence-electron chi connectivity index (χ0n) is 13.8. The normalized spacial score (nSPS) is 17.7. The third-order valence-electron chi connectivity index (χ3n) is 5.01. The standard InChI is InChI=1S/C18H24N2O3/c1-18(2,17(21)22)9-12-20-10-7-13(8-11-20)16-14-5-3-4-6-15(14)23-19-16/h3-6,13H,7-12H2,1-2H3,(H,21,22). The Balaban J connectivity index is 1.57. The van der Waals surface area contributed by atoms with Gasteiger partial charge in [0, 0.05) is 11.3 Å². The highest BCUT2D eigenvalue weighted by atomic mass is 16.5. The van der Waals surface area contributed by atoms with E-state index in [0.29, 0.717) is 12.3 Å². The lowest BCUT2D eigenvalue weighted by atomic mass is 9.88. The number of para-hydroxylation sites is 1. The molecule has 1 aromatic carbocycles. The Bertz CT molecular complexity index is 684. The second-order valence-corrected chi connectivity index (χ2v) is 7.12. The molecule has 2 aromatic rings. The minimum Gasteiger partial charge on any atom is -0.481 e. The molecule has 1 saturated heterocycles. The molecule has 0 unspecified atom stereocenters. The van der Waals surface area contributed by atoms with E-state index in [1.165, 1.54) is 0 Å². The number of benzene rings is 1. The van der Waals surface area contributed by atoms with Crippen LogP contribution in [0.15, 0.2) is 28.8 Å². The molecule has 1 aliphatic rings. The lowest BCUT2D eigenvalue weighted by molar-refractivity contribution is -0.147. The zero-order chi connectivity index (χ0) is 16.4. The first-order valence-electron chi connectivity index (χ1n) is 8.27. The number of fused-ring (bicyclic) bond motifs is 1. The molecule has 0 amide bonds. The predicted octanol–water partition coefficient (Wildman–Crippen LogP) is 3.51. The van der Waals surface area contributed by atoms with Crippen molar-refractivity contribution in [3.8, 4) is 0 Å². The molecule has 0 bridgehead atoms. The smallest absolute Gasteiger partial charge is 0.309 e. The van der Waals surface area contributed by atoms with Gasteiger partial charge in [-0.2, -0.15) is 0 Å². The van der Waals surface area contributed by atoms with Crippen LogP contribution in [0.5, 0.6) is 0 Å². The van der Waals surface area contributed by atoms with Gasteiger partial charge in [-0.3, -0.25) is 4.79 Å². The maximum Gasteiger partial charge on any atom is 0.309 e. The fourth-order valence-corrected chi connectivity index (χ4v) is 3.17. The molecule has 1 aromatic heterocycles. The number of carboxylic acid groups (broad SMARTS) is 1. The third-order valence-corrected chi connectivity index (χ3v) is 5.01. The molecule has 124 valence electrons. The number of carboxylic acids is 1. The molecule has 1 aliphatic heterocycles. The van der Waals surface area contributed by atoms with Gasteiger partial charge >= 0.3 is 5.97 Å². The minimum absolute atomic E-state index is 0.433. The van der Waals surface area contributed by atoms with E-state index < -0.39 is 11.4 Å². The summed E-state index contributed by atoms with van der Waals surface area (Å²) in [4.78, 5) is 13.6. The quantitative estimate of drug-likeness (QED) is 0.914. The van der Waals surface area contributed by atoms with Crippen molar-refractivity contribution in [3.63, 3.8) is 0 Å². The van der Waals surface area contributed by atoms with Gasteiger partial charge in [-0.05, 0) is 64.9 Å². The molecular formula is C18H24N2O3. The first kappa shape index (κ1) is 16.0. The first-order valence-corrected chi connectivity index (χ1v) is 8.27. The maximum absolute atomic E-state index is 11.2. The van der Waals surface area contributed by atoms with Gasteiger partial charge in [0.05, 0.1) is 11.1 Å². The van der Waals surface area contributed by atoms with Crippen molar-refractivity contribution in [2.45, 2.75) is 39.0 Å². The lowest BCUT2D eigenvalue weighted by Crippen LogP contribution is -2.37. The average Bonchev–Trinajstić information content (AvgIpc) is 2.97. The molecule has 1 N–H and O–H groups in total. The molecule has 1 fully saturated rings. The molecule has 2 heterocycles. The van der Waals surface area contributed by atoms with Crippen LogP contribution in [0.4, 0.5) is 0 Å². The van der Waals surface area contributed by atoms with Gasteiger partial charge in [0.15, 0.2) is 5.58 Å². The molecule has 0 atom stereocenters. The number of piperidine rings is 1. The van der Waals surface area contributed by atoms with Gasteiger partial charge in [0.2, 0.25) is 0 Å². The van der Waals surface area contributed by atoms with Crippen LogP contribution in [0.3, 0.4) is 0 Å². The topological polar surface area (TPSA) is 66.6 Å². The summed E-state index contributed by atoms with van der Waals surface area (Å²) in [5.41, 5.74) is 1.28. The maximum atomic E-state index is 11.2. The van der Waals surface area contributed by atoms with Crippen LogP contribution in [-0.4, -0.2) is 40.8 Å². The van der Waals surface area contributed by atoms with Crippen LogP contribution >= 0.6 is 0 Å². The van der Waals surface area contributed by atoms with Crippen LogP contribution in [0, 0.1) is 5.41 Å². The Kier molecular flexibility index (Phi) is 4.39. The second-order valence-electron chi connectivity index (χ2n) is 7.12. The SMILES string of the molecule is CC(C)(CCN1CCC(c2noc3ccccc23)CC1)C(=O)O. The lowest BCUT2D eigenvalue weighted by Gasteiger charge is -2.32. The molecule has 0 aliphatic carbocycles. The van der Waals surface area contributed by atoms with Crippen LogP contribution in [0.2, 0.25) is 0 Å². The highest BCUT2D eigenvalue weighted by Gasteiger charge is 2.29. The van der Waals surface area contributed by atoms with Crippen LogP contribution < -0.4 is 0 Å². The van der Waals surface area contributed by atoms with Crippen LogP contribution in [-0.2, 0) is 4.79 Å². The summed E-state index contributed by atoms with van der Waals surface area (Å²) >= 11 is 0. The van der Waals surface area contributed by atoms with E-state index in [2.05, 4.69) is 16.1 Å². The summed E-state index contributed by atoms with van der Waals surface area (Å²) in [5, 5.41) is 14.6. The summed E-state index contributed by atoms with van der Waals surface area (Å²) < 4.78 is 5.42. The first-order chi connectivity index (χ1) is 11.0. The van der Waals surface area contributed by atoms with Gasteiger partial charge in [-0.1, -0.05) is 17.3 Å². The van der Waals surface area contributed by atoms with E-state index in [1.807, 2.05) is 18.2 Å². The van der Waals surface area contributed by atoms with Crippen molar-refractivity contribution in [3.05, 3.63) is 30.0 Å². The number of aliphatic carboxylic acids is 1. The van der Waals surface area contributed by atoms with E-state index in [-0.39, 0.29) is 0 Å². The Morgan fingerprint density at radius 3 is 2.74 bits per heavy atom. The van der Waals surface area contributed by atoms with E-state index >= 15 is 0 Å². The fourth-order valence-electron chi connectivity index (χ4n) is 3.17. The van der Waals surface area contributed by atoms with E-state index in [4.69, 9.17) is 4.52 Å². The molecular weight excluding hydrogens is 292 g/mol. The Labute approximate surface area is 136 Å². The van der Waals surface area contributed by atoms with Crippen molar-refractivity contribution in [2.24, 2.45) is 5.41 Å². The number of aromatic nitrogens is 1. The van der Waals surface area contributed by atoms with Crippen molar-refractivity contribution in [1.29, 1.82) is 0 Å². The highest BCUT2D eigenvalue weighted by Crippen LogP contribution is 2.33. The summed E-state index contributed by atoms with van der Waals surface area (Å²) in [5.74, 6) is -0.288. The van der Waals surface area contributed by atoms with E-state index in [0.717, 1.165) is 49.1 Å². The fraction of sp³-hybridized carbons (Fsp3) is 0.556. The monoisotopic (exact) mass is 316 g/mol. The molecule has 3 rings (SSSR count). The van der Waals surface area contributed by atoms with Crippen molar-refractivity contribution >= 4 is 16.9 Å². The van der Waals surface area contributed by atoms with Crippen molar-refractivity contribution in [1.82, 2.24) is 10.1 Å².